The highest BCUT2D eigenvalue weighted by atomic mass is 16.7. The molecular weight excluding hydrogens is 340 g/mol. The maximum atomic E-state index is 11.9. The standard InChI is InChI=1S/C19H18O7/c1-22-16-7-11(19(21)23-2)5-12-13(8-20)17(26-18(12)16)10-3-4-14-15(6-10)25-9-24-14/h3-7,13,17,20H,8-9H2,1-2H3. The first-order chi connectivity index (χ1) is 12.7. The molecule has 0 bridgehead atoms. The van der Waals surface area contributed by atoms with Crippen LogP contribution in [0.25, 0.3) is 0 Å². The lowest BCUT2D eigenvalue weighted by molar-refractivity contribution is 0.0600. The number of aliphatic hydroxyl groups excluding tert-OH is 1. The number of ether oxygens (including phenoxy) is 5. The number of carbonyl (C=O) groups is 1. The molecule has 2 atom stereocenters. The first-order valence-corrected chi connectivity index (χ1v) is 8.13. The molecule has 7 heteroatoms. The Labute approximate surface area is 150 Å². The van der Waals surface area contributed by atoms with Crippen molar-refractivity contribution in [3.8, 4) is 23.0 Å². The second-order valence-electron chi connectivity index (χ2n) is 6.03. The predicted octanol–water partition coefficient (Wildman–Crippen LogP) is 2.42. The minimum absolute atomic E-state index is 0.153. The summed E-state index contributed by atoms with van der Waals surface area (Å²) in [7, 11) is 2.82. The molecule has 0 aliphatic carbocycles. The van der Waals surface area contributed by atoms with E-state index < -0.39 is 12.1 Å². The molecule has 0 saturated carbocycles. The van der Waals surface area contributed by atoms with E-state index in [1.54, 1.807) is 12.1 Å². The van der Waals surface area contributed by atoms with Crippen LogP contribution in [0.5, 0.6) is 23.0 Å². The molecule has 1 N–H and O–H groups in total. The molecule has 2 aromatic rings. The number of rotatable bonds is 4. The van der Waals surface area contributed by atoms with E-state index in [-0.39, 0.29) is 19.3 Å². The molecule has 2 unspecified atom stereocenters. The molecule has 2 heterocycles. The van der Waals surface area contributed by atoms with Gasteiger partial charge in [-0.15, -0.1) is 0 Å². The van der Waals surface area contributed by atoms with E-state index in [9.17, 15) is 9.90 Å². The fourth-order valence-electron chi connectivity index (χ4n) is 3.37. The molecule has 2 aromatic carbocycles. The molecule has 7 nitrogen and oxygen atoms in total. The number of esters is 1. The third-order valence-electron chi connectivity index (χ3n) is 4.66. The van der Waals surface area contributed by atoms with Crippen LogP contribution in [0.4, 0.5) is 0 Å². The van der Waals surface area contributed by atoms with Crippen molar-refractivity contribution in [1.82, 2.24) is 0 Å². The SMILES string of the molecule is COC(=O)c1cc(OC)c2c(c1)C(CO)C(c1ccc3c(c1)OCO3)O2. The van der Waals surface area contributed by atoms with Gasteiger partial charge in [0.25, 0.3) is 0 Å². The van der Waals surface area contributed by atoms with E-state index in [2.05, 4.69) is 0 Å². The van der Waals surface area contributed by atoms with Crippen LogP contribution in [0.2, 0.25) is 0 Å². The van der Waals surface area contributed by atoms with E-state index >= 15 is 0 Å². The molecule has 0 saturated heterocycles. The average molecular weight is 358 g/mol. The van der Waals surface area contributed by atoms with Crippen LogP contribution in [0.15, 0.2) is 30.3 Å². The summed E-state index contributed by atoms with van der Waals surface area (Å²) in [4.78, 5) is 11.9. The molecule has 0 aromatic heterocycles. The minimum Gasteiger partial charge on any atom is -0.493 e. The molecule has 2 aliphatic rings. The van der Waals surface area contributed by atoms with Crippen molar-refractivity contribution >= 4 is 5.97 Å². The van der Waals surface area contributed by atoms with Gasteiger partial charge >= 0.3 is 5.97 Å². The fraction of sp³-hybridized carbons (Fsp3) is 0.316. The van der Waals surface area contributed by atoms with Gasteiger partial charge in [-0.3, -0.25) is 0 Å². The van der Waals surface area contributed by atoms with Crippen LogP contribution < -0.4 is 18.9 Å². The van der Waals surface area contributed by atoms with Gasteiger partial charge in [-0.1, -0.05) is 6.07 Å². The first kappa shape index (κ1) is 16.5. The van der Waals surface area contributed by atoms with Crippen molar-refractivity contribution < 1.29 is 33.6 Å². The molecule has 0 amide bonds. The molecule has 2 aliphatic heterocycles. The highest BCUT2D eigenvalue weighted by Crippen LogP contribution is 2.51. The summed E-state index contributed by atoms with van der Waals surface area (Å²) >= 11 is 0. The van der Waals surface area contributed by atoms with Crippen molar-refractivity contribution in [2.45, 2.75) is 12.0 Å². The smallest absolute Gasteiger partial charge is 0.337 e. The number of hydrogen-bond acceptors (Lipinski definition) is 7. The zero-order chi connectivity index (χ0) is 18.3. The first-order valence-electron chi connectivity index (χ1n) is 8.13. The average Bonchev–Trinajstić information content (AvgIpc) is 3.29. The van der Waals surface area contributed by atoms with Gasteiger partial charge in [0.05, 0.1) is 32.3 Å². The Morgan fingerprint density at radius 2 is 2.00 bits per heavy atom. The van der Waals surface area contributed by atoms with Gasteiger partial charge in [-0.25, -0.2) is 4.79 Å². The summed E-state index contributed by atoms with van der Waals surface area (Å²) in [5, 5.41) is 10.00. The third kappa shape index (κ3) is 2.52. The summed E-state index contributed by atoms with van der Waals surface area (Å²) in [5.74, 6) is 1.42. The lowest BCUT2D eigenvalue weighted by Crippen LogP contribution is -2.13. The normalized spacial score (nSPS) is 19.7. The Morgan fingerprint density at radius 1 is 1.19 bits per heavy atom. The largest absolute Gasteiger partial charge is 0.493 e. The maximum absolute atomic E-state index is 11.9. The Bertz CT molecular complexity index is 861. The van der Waals surface area contributed by atoms with Gasteiger partial charge in [0, 0.05) is 5.56 Å². The number of hydrogen-bond donors (Lipinski definition) is 1. The summed E-state index contributed by atoms with van der Waals surface area (Å²) in [6, 6.07) is 8.78. The Hall–Kier alpha value is -2.93. The molecule has 0 fully saturated rings. The van der Waals surface area contributed by atoms with E-state index in [1.807, 2.05) is 18.2 Å². The summed E-state index contributed by atoms with van der Waals surface area (Å²) in [6.07, 6.45) is -0.439. The van der Waals surface area contributed by atoms with Crippen LogP contribution in [-0.2, 0) is 4.74 Å². The van der Waals surface area contributed by atoms with Gasteiger partial charge in [0.2, 0.25) is 6.79 Å². The number of methoxy groups -OCH3 is 2. The summed E-state index contributed by atoms with van der Waals surface area (Å²) in [5.41, 5.74) is 1.89. The third-order valence-corrected chi connectivity index (χ3v) is 4.66. The van der Waals surface area contributed by atoms with Gasteiger partial charge in [-0.2, -0.15) is 0 Å². The Kier molecular flexibility index (Phi) is 4.08. The van der Waals surface area contributed by atoms with E-state index in [1.165, 1.54) is 14.2 Å². The Morgan fingerprint density at radius 3 is 2.73 bits per heavy atom. The van der Waals surface area contributed by atoms with Gasteiger partial charge in [0.15, 0.2) is 23.0 Å². The second-order valence-corrected chi connectivity index (χ2v) is 6.03. The molecular formula is C19H18O7. The highest BCUT2D eigenvalue weighted by molar-refractivity contribution is 5.90. The fourth-order valence-corrected chi connectivity index (χ4v) is 3.37. The summed E-state index contributed by atoms with van der Waals surface area (Å²) in [6.45, 7) is 0.0319. The predicted molar refractivity (Wildman–Crippen MR) is 90.1 cm³/mol. The quantitative estimate of drug-likeness (QED) is 0.840. The van der Waals surface area contributed by atoms with Crippen molar-refractivity contribution in [2.24, 2.45) is 0 Å². The van der Waals surface area contributed by atoms with E-state index in [0.29, 0.717) is 34.1 Å². The van der Waals surface area contributed by atoms with Crippen molar-refractivity contribution in [3.63, 3.8) is 0 Å². The van der Waals surface area contributed by atoms with E-state index in [0.717, 1.165) is 5.56 Å². The highest BCUT2D eigenvalue weighted by Gasteiger charge is 2.38. The lowest BCUT2D eigenvalue weighted by Gasteiger charge is -2.18. The number of fused-ring (bicyclic) bond motifs is 2. The molecule has 0 spiro atoms. The summed E-state index contributed by atoms with van der Waals surface area (Å²) < 4.78 is 27.1. The van der Waals surface area contributed by atoms with Crippen molar-refractivity contribution in [2.75, 3.05) is 27.6 Å². The molecule has 26 heavy (non-hydrogen) atoms. The topological polar surface area (TPSA) is 83.5 Å². The van der Waals surface area contributed by atoms with Gasteiger partial charge < -0.3 is 28.8 Å². The zero-order valence-corrected chi connectivity index (χ0v) is 14.4. The Balaban J connectivity index is 1.76. The number of aliphatic hydroxyl groups is 1. The van der Waals surface area contributed by atoms with Crippen LogP contribution in [-0.4, -0.2) is 38.7 Å². The maximum Gasteiger partial charge on any atom is 0.337 e. The van der Waals surface area contributed by atoms with E-state index in [4.69, 9.17) is 23.7 Å². The van der Waals surface area contributed by atoms with Gasteiger partial charge in [-0.05, 0) is 29.8 Å². The molecule has 0 radical (unpaired) electrons. The van der Waals surface area contributed by atoms with Crippen molar-refractivity contribution in [1.29, 1.82) is 0 Å². The monoisotopic (exact) mass is 358 g/mol. The minimum atomic E-state index is -0.477. The van der Waals surface area contributed by atoms with Crippen LogP contribution in [0.1, 0.15) is 33.5 Å². The van der Waals surface area contributed by atoms with Gasteiger partial charge in [0.1, 0.15) is 6.10 Å². The molecule has 4 rings (SSSR count). The number of benzene rings is 2. The number of carbonyl (C=O) groups excluding carboxylic acids is 1. The second kappa shape index (κ2) is 6.42. The van der Waals surface area contributed by atoms with Crippen LogP contribution >= 0.6 is 0 Å². The van der Waals surface area contributed by atoms with Crippen LogP contribution in [0.3, 0.4) is 0 Å². The zero-order valence-electron chi connectivity index (χ0n) is 14.4. The van der Waals surface area contributed by atoms with Crippen molar-refractivity contribution in [3.05, 3.63) is 47.0 Å². The lowest BCUT2D eigenvalue weighted by atomic mass is 9.90. The van der Waals surface area contributed by atoms with Crippen LogP contribution in [0, 0.1) is 0 Å². The molecule has 136 valence electrons.